The SMILES string of the molecule is O=S1(=O)CC(Oc2cccc(CCCO)c2)C1. The molecule has 5 heteroatoms. The molecule has 0 atom stereocenters. The van der Waals surface area contributed by atoms with Gasteiger partial charge in [-0.3, -0.25) is 0 Å². The van der Waals surface area contributed by atoms with Gasteiger partial charge in [-0.2, -0.15) is 0 Å². The Labute approximate surface area is 101 Å². The van der Waals surface area contributed by atoms with Crippen molar-refractivity contribution in [1.29, 1.82) is 0 Å². The molecule has 1 aromatic carbocycles. The van der Waals surface area contributed by atoms with Gasteiger partial charge < -0.3 is 9.84 Å². The molecule has 1 fully saturated rings. The maximum absolute atomic E-state index is 11.0. The van der Waals surface area contributed by atoms with Crippen molar-refractivity contribution in [2.45, 2.75) is 18.9 Å². The lowest BCUT2D eigenvalue weighted by Gasteiger charge is -2.26. The maximum atomic E-state index is 11.0. The molecule has 0 spiro atoms. The summed E-state index contributed by atoms with van der Waals surface area (Å²) < 4.78 is 27.5. The van der Waals surface area contributed by atoms with E-state index in [1.54, 1.807) is 0 Å². The molecule has 0 amide bonds. The lowest BCUT2D eigenvalue weighted by Crippen LogP contribution is -2.45. The van der Waals surface area contributed by atoms with E-state index in [1.807, 2.05) is 24.3 Å². The highest BCUT2D eigenvalue weighted by Crippen LogP contribution is 2.21. The van der Waals surface area contributed by atoms with Crippen LogP contribution in [0.1, 0.15) is 12.0 Å². The van der Waals surface area contributed by atoms with Crippen LogP contribution in [-0.4, -0.2) is 37.7 Å². The molecule has 1 aliphatic heterocycles. The van der Waals surface area contributed by atoms with E-state index in [4.69, 9.17) is 9.84 Å². The summed E-state index contributed by atoms with van der Waals surface area (Å²) in [4.78, 5) is 0. The monoisotopic (exact) mass is 256 g/mol. The molecule has 4 nitrogen and oxygen atoms in total. The fourth-order valence-corrected chi connectivity index (χ4v) is 3.01. The highest BCUT2D eigenvalue weighted by Gasteiger charge is 2.35. The molecule has 0 saturated carbocycles. The zero-order chi connectivity index (χ0) is 12.3. The van der Waals surface area contributed by atoms with E-state index in [2.05, 4.69) is 0 Å². The predicted molar refractivity (Wildman–Crippen MR) is 64.9 cm³/mol. The smallest absolute Gasteiger partial charge is 0.157 e. The number of aliphatic hydroxyl groups is 1. The highest BCUT2D eigenvalue weighted by atomic mass is 32.2. The van der Waals surface area contributed by atoms with Gasteiger partial charge in [0.2, 0.25) is 0 Å². The highest BCUT2D eigenvalue weighted by molar-refractivity contribution is 7.92. The van der Waals surface area contributed by atoms with Crippen molar-refractivity contribution in [2.24, 2.45) is 0 Å². The first-order chi connectivity index (χ1) is 8.09. The molecule has 1 N–H and O–H groups in total. The first-order valence-electron chi connectivity index (χ1n) is 5.66. The van der Waals surface area contributed by atoms with Crippen molar-refractivity contribution in [1.82, 2.24) is 0 Å². The van der Waals surface area contributed by atoms with Crippen molar-refractivity contribution in [2.75, 3.05) is 18.1 Å². The lowest BCUT2D eigenvalue weighted by atomic mass is 10.1. The van der Waals surface area contributed by atoms with Crippen LogP contribution in [-0.2, 0) is 16.3 Å². The van der Waals surface area contributed by atoms with Gasteiger partial charge in [-0.25, -0.2) is 8.42 Å². The number of benzene rings is 1. The van der Waals surface area contributed by atoms with E-state index in [9.17, 15) is 8.42 Å². The minimum absolute atomic E-state index is 0.119. The van der Waals surface area contributed by atoms with E-state index in [1.165, 1.54) is 0 Å². The topological polar surface area (TPSA) is 63.6 Å². The number of aliphatic hydroxyl groups excluding tert-OH is 1. The van der Waals surface area contributed by atoms with E-state index in [0.29, 0.717) is 5.75 Å². The lowest BCUT2D eigenvalue weighted by molar-refractivity contribution is 0.230. The van der Waals surface area contributed by atoms with Gasteiger partial charge in [0.1, 0.15) is 11.9 Å². The fraction of sp³-hybridized carbons (Fsp3) is 0.500. The van der Waals surface area contributed by atoms with Crippen LogP contribution in [0.5, 0.6) is 5.75 Å². The Morgan fingerprint density at radius 3 is 2.76 bits per heavy atom. The Hall–Kier alpha value is -1.07. The maximum Gasteiger partial charge on any atom is 0.157 e. The van der Waals surface area contributed by atoms with Crippen molar-refractivity contribution in [3.8, 4) is 5.75 Å². The Bertz CT molecular complexity index is 469. The number of rotatable bonds is 5. The largest absolute Gasteiger partial charge is 0.488 e. The van der Waals surface area contributed by atoms with Gasteiger partial charge in [0, 0.05) is 6.61 Å². The van der Waals surface area contributed by atoms with Crippen molar-refractivity contribution in [3.05, 3.63) is 29.8 Å². The average molecular weight is 256 g/mol. The van der Waals surface area contributed by atoms with Crippen LogP contribution in [0.15, 0.2) is 24.3 Å². The molecule has 0 unspecified atom stereocenters. The summed E-state index contributed by atoms with van der Waals surface area (Å²) in [6, 6.07) is 7.59. The number of hydrogen-bond acceptors (Lipinski definition) is 4. The molecular formula is C12H16O4S. The second-order valence-corrected chi connectivity index (χ2v) is 6.45. The average Bonchev–Trinajstić information content (AvgIpc) is 2.24. The summed E-state index contributed by atoms with van der Waals surface area (Å²) in [7, 11) is -2.83. The molecule has 1 aromatic rings. The minimum atomic E-state index is -2.83. The van der Waals surface area contributed by atoms with Crippen LogP contribution in [0.2, 0.25) is 0 Å². The fourth-order valence-electron chi connectivity index (χ4n) is 1.84. The molecule has 94 valence electrons. The quantitative estimate of drug-likeness (QED) is 0.846. The predicted octanol–water partition coefficient (Wildman–Crippen LogP) is 0.787. The first-order valence-corrected chi connectivity index (χ1v) is 7.48. The molecule has 1 heterocycles. The van der Waals surface area contributed by atoms with E-state index in [-0.39, 0.29) is 24.2 Å². The zero-order valence-corrected chi connectivity index (χ0v) is 10.3. The van der Waals surface area contributed by atoms with Crippen LogP contribution in [0.4, 0.5) is 0 Å². The summed E-state index contributed by atoms with van der Waals surface area (Å²) in [6.45, 7) is 0.173. The van der Waals surface area contributed by atoms with Crippen molar-refractivity contribution >= 4 is 9.84 Å². The van der Waals surface area contributed by atoms with Crippen LogP contribution >= 0.6 is 0 Å². The first kappa shape index (κ1) is 12.4. The minimum Gasteiger partial charge on any atom is -0.488 e. The number of hydrogen-bond donors (Lipinski definition) is 1. The second-order valence-electron chi connectivity index (χ2n) is 4.29. The van der Waals surface area contributed by atoms with Gasteiger partial charge in [-0.1, -0.05) is 12.1 Å². The van der Waals surface area contributed by atoms with Gasteiger partial charge >= 0.3 is 0 Å². The van der Waals surface area contributed by atoms with Gasteiger partial charge in [-0.05, 0) is 30.5 Å². The molecule has 0 radical (unpaired) electrons. The number of sulfone groups is 1. The third kappa shape index (κ3) is 3.44. The molecule has 1 saturated heterocycles. The van der Waals surface area contributed by atoms with Crippen LogP contribution in [0.3, 0.4) is 0 Å². The Kier molecular flexibility index (Phi) is 3.69. The van der Waals surface area contributed by atoms with Crippen LogP contribution in [0, 0.1) is 0 Å². The number of aryl methyl sites for hydroxylation is 1. The Balaban J connectivity index is 1.93. The summed E-state index contributed by atoms with van der Waals surface area (Å²) in [5, 5.41) is 8.75. The molecule has 1 aliphatic rings. The van der Waals surface area contributed by atoms with Gasteiger partial charge in [0.05, 0.1) is 11.5 Å². The molecule has 0 aliphatic carbocycles. The van der Waals surface area contributed by atoms with E-state index >= 15 is 0 Å². The molecule has 0 aromatic heterocycles. The summed E-state index contributed by atoms with van der Waals surface area (Å²) in [5.74, 6) is 0.946. The third-order valence-electron chi connectivity index (χ3n) is 2.70. The zero-order valence-electron chi connectivity index (χ0n) is 9.50. The molecule has 2 rings (SSSR count). The van der Waals surface area contributed by atoms with Gasteiger partial charge in [0.25, 0.3) is 0 Å². The standard InChI is InChI=1S/C12H16O4S/c13-6-2-4-10-3-1-5-11(7-10)16-12-8-17(14,15)9-12/h1,3,5,7,12-13H,2,4,6,8-9H2. The van der Waals surface area contributed by atoms with Crippen LogP contribution < -0.4 is 4.74 Å². The number of ether oxygens (including phenoxy) is 1. The van der Waals surface area contributed by atoms with Crippen molar-refractivity contribution in [3.63, 3.8) is 0 Å². The molecular weight excluding hydrogens is 240 g/mol. The van der Waals surface area contributed by atoms with E-state index in [0.717, 1.165) is 18.4 Å². The van der Waals surface area contributed by atoms with Crippen molar-refractivity contribution < 1.29 is 18.3 Å². The summed E-state index contributed by atoms with van der Waals surface area (Å²) >= 11 is 0. The summed E-state index contributed by atoms with van der Waals surface area (Å²) in [5.41, 5.74) is 1.10. The third-order valence-corrected chi connectivity index (χ3v) is 4.46. The van der Waals surface area contributed by atoms with Crippen LogP contribution in [0.25, 0.3) is 0 Å². The van der Waals surface area contributed by atoms with Gasteiger partial charge in [-0.15, -0.1) is 0 Å². The van der Waals surface area contributed by atoms with E-state index < -0.39 is 9.84 Å². The normalized spacial score (nSPS) is 18.6. The molecule has 0 bridgehead atoms. The second kappa shape index (κ2) is 5.06. The Morgan fingerprint density at radius 2 is 2.12 bits per heavy atom. The summed E-state index contributed by atoms with van der Waals surface area (Å²) in [6.07, 6.45) is 1.32. The van der Waals surface area contributed by atoms with Gasteiger partial charge in [0.15, 0.2) is 9.84 Å². The Morgan fingerprint density at radius 1 is 1.35 bits per heavy atom. The molecule has 17 heavy (non-hydrogen) atoms.